The maximum Gasteiger partial charge on any atom is 0.0639 e. The second-order valence-corrected chi connectivity index (χ2v) is 3.71. The van der Waals surface area contributed by atoms with Gasteiger partial charge in [0.1, 0.15) is 0 Å². The summed E-state index contributed by atoms with van der Waals surface area (Å²) in [5.74, 6) is 0. The molecule has 0 saturated carbocycles. The molecule has 1 nitrogen and oxygen atoms in total. The molecule has 0 atom stereocenters. The van der Waals surface area contributed by atoms with Gasteiger partial charge in [0.25, 0.3) is 0 Å². The van der Waals surface area contributed by atoms with Crippen LogP contribution in [0, 0.1) is 0 Å². The van der Waals surface area contributed by atoms with E-state index in [0.29, 0.717) is 10.0 Å². The maximum atomic E-state index is 6.04. The van der Waals surface area contributed by atoms with Gasteiger partial charge in [0, 0.05) is 6.54 Å². The van der Waals surface area contributed by atoms with Crippen LogP contribution in [-0.2, 0) is 13.0 Å². The number of nitrogens with one attached hydrogen (secondary N) is 1. The molecule has 2 rings (SSSR count). The highest BCUT2D eigenvalue weighted by Gasteiger charge is 2.13. The largest absolute Gasteiger partial charge is 0.312 e. The first kappa shape index (κ1) is 11.1. The summed E-state index contributed by atoms with van der Waals surface area (Å²) in [5, 5.41) is 4.63. The van der Waals surface area contributed by atoms with Crippen molar-refractivity contribution >= 4 is 35.6 Å². The van der Waals surface area contributed by atoms with Crippen molar-refractivity contribution in [1.29, 1.82) is 0 Å². The lowest BCUT2D eigenvalue weighted by molar-refractivity contribution is 0.644. The molecule has 72 valence electrons. The van der Waals surface area contributed by atoms with Gasteiger partial charge in [0.15, 0.2) is 0 Å². The molecule has 0 fully saturated rings. The third-order valence-corrected chi connectivity index (χ3v) is 3.01. The van der Waals surface area contributed by atoms with Crippen molar-refractivity contribution in [3.8, 4) is 0 Å². The summed E-state index contributed by atoms with van der Waals surface area (Å²) < 4.78 is 0. The number of hydrogen-bond donors (Lipinski definition) is 1. The zero-order valence-corrected chi connectivity index (χ0v) is 9.27. The summed E-state index contributed by atoms with van der Waals surface area (Å²) in [7, 11) is 0. The Morgan fingerprint density at radius 1 is 1.23 bits per heavy atom. The SMILES string of the molecule is Cl.Clc1ccc2c(c1Cl)CNCC2. The Bertz CT molecular complexity index is 312. The minimum absolute atomic E-state index is 0. The van der Waals surface area contributed by atoms with Gasteiger partial charge in [-0.15, -0.1) is 12.4 Å². The molecule has 1 aliphatic rings. The van der Waals surface area contributed by atoms with Crippen LogP contribution < -0.4 is 5.32 Å². The summed E-state index contributed by atoms with van der Waals surface area (Å²) in [6.45, 7) is 1.87. The molecule has 1 aromatic carbocycles. The fourth-order valence-corrected chi connectivity index (χ4v) is 1.92. The molecule has 4 heteroatoms. The summed E-state index contributed by atoms with van der Waals surface area (Å²) in [5.41, 5.74) is 2.48. The van der Waals surface area contributed by atoms with Crippen LogP contribution in [0.2, 0.25) is 10.0 Å². The maximum absolute atomic E-state index is 6.04. The van der Waals surface area contributed by atoms with E-state index in [1.807, 2.05) is 6.07 Å². The first-order valence-electron chi connectivity index (χ1n) is 3.95. The zero-order chi connectivity index (χ0) is 8.55. The Kier molecular flexibility index (Phi) is 3.87. The molecule has 1 N–H and O–H groups in total. The van der Waals surface area contributed by atoms with E-state index >= 15 is 0 Å². The number of benzene rings is 1. The molecule has 1 aromatic rings. The average molecular weight is 239 g/mol. The molecular formula is C9H10Cl3N. The third-order valence-electron chi connectivity index (χ3n) is 2.17. The van der Waals surface area contributed by atoms with Gasteiger partial charge in [0.2, 0.25) is 0 Å². The Morgan fingerprint density at radius 3 is 2.77 bits per heavy atom. The molecule has 0 aromatic heterocycles. The normalized spacial score (nSPS) is 14.6. The van der Waals surface area contributed by atoms with Crippen molar-refractivity contribution in [3.05, 3.63) is 33.3 Å². The topological polar surface area (TPSA) is 12.0 Å². The third kappa shape index (κ3) is 2.10. The molecule has 0 saturated heterocycles. The molecule has 0 amide bonds. The fraction of sp³-hybridized carbons (Fsp3) is 0.333. The highest BCUT2D eigenvalue weighted by molar-refractivity contribution is 6.42. The molecular weight excluding hydrogens is 228 g/mol. The molecule has 1 heterocycles. The van der Waals surface area contributed by atoms with E-state index in [-0.39, 0.29) is 12.4 Å². The number of hydrogen-bond acceptors (Lipinski definition) is 1. The van der Waals surface area contributed by atoms with E-state index in [9.17, 15) is 0 Å². The van der Waals surface area contributed by atoms with E-state index in [2.05, 4.69) is 11.4 Å². The Balaban J connectivity index is 0.000000845. The molecule has 1 aliphatic heterocycles. The minimum atomic E-state index is 0. The van der Waals surface area contributed by atoms with Gasteiger partial charge in [-0.1, -0.05) is 29.3 Å². The van der Waals surface area contributed by atoms with Gasteiger partial charge >= 0.3 is 0 Å². The standard InChI is InChI=1S/C9H9Cl2N.ClH/c10-8-2-1-6-3-4-12-5-7(6)9(8)11;/h1-2,12H,3-5H2;1H. The lowest BCUT2D eigenvalue weighted by Crippen LogP contribution is -2.23. The van der Waals surface area contributed by atoms with Gasteiger partial charge < -0.3 is 5.32 Å². The van der Waals surface area contributed by atoms with E-state index in [1.54, 1.807) is 0 Å². The molecule has 0 aliphatic carbocycles. The van der Waals surface area contributed by atoms with Crippen LogP contribution in [0.15, 0.2) is 12.1 Å². The smallest absolute Gasteiger partial charge is 0.0639 e. The summed E-state index contributed by atoms with van der Waals surface area (Å²) in [6, 6.07) is 3.93. The van der Waals surface area contributed by atoms with Crippen molar-refractivity contribution in [3.63, 3.8) is 0 Å². The highest BCUT2D eigenvalue weighted by Crippen LogP contribution is 2.29. The fourth-order valence-electron chi connectivity index (χ4n) is 1.49. The van der Waals surface area contributed by atoms with Crippen LogP contribution in [0.4, 0.5) is 0 Å². The Morgan fingerprint density at radius 2 is 2.00 bits per heavy atom. The average Bonchev–Trinajstić information content (AvgIpc) is 2.12. The molecule has 13 heavy (non-hydrogen) atoms. The zero-order valence-electron chi connectivity index (χ0n) is 6.94. The quantitative estimate of drug-likeness (QED) is 0.732. The predicted molar refractivity (Wildman–Crippen MR) is 59.1 cm³/mol. The van der Waals surface area contributed by atoms with Crippen LogP contribution in [0.3, 0.4) is 0 Å². The number of rotatable bonds is 0. The molecule has 0 radical (unpaired) electrons. The predicted octanol–water partition coefficient (Wildman–Crippen LogP) is 3.06. The first-order chi connectivity index (χ1) is 5.79. The van der Waals surface area contributed by atoms with Gasteiger partial charge in [0.05, 0.1) is 10.0 Å². The van der Waals surface area contributed by atoms with Crippen molar-refractivity contribution in [2.45, 2.75) is 13.0 Å². The second-order valence-electron chi connectivity index (χ2n) is 2.93. The van der Waals surface area contributed by atoms with Gasteiger partial charge in [-0.3, -0.25) is 0 Å². The number of fused-ring (bicyclic) bond motifs is 1. The first-order valence-corrected chi connectivity index (χ1v) is 4.71. The van der Waals surface area contributed by atoms with Crippen LogP contribution in [0.5, 0.6) is 0 Å². The second kappa shape index (κ2) is 4.52. The molecule has 0 unspecified atom stereocenters. The van der Waals surface area contributed by atoms with E-state index in [4.69, 9.17) is 23.2 Å². The van der Waals surface area contributed by atoms with Crippen molar-refractivity contribution in [1.82, 2.24) is 5.32 Å². The van der Waals surface area contributed by atoms with Crippen LogP contribution >= 0.6 is 35.6 Å². The van der Waals surface area contributed by atoms with Gasteiger partial charge in [-0.2, -0.15) is 0 Å². The summed E-state index contributed by atoms with van der Waals surface area (Å²) in [6.07, 6.45) is 1.05. The lowest BCUT2D eigenvalue weighted by Gasteiger charge is -2.18. The Hall–Kier alpha value is 0.0500. The van der Waals surface area contributed by atoms with Crippen LogP contribution in [0.1, 0.15) is 11.1 Å². The summed E-state index contributed by atoms with van der Waals surface area (Å²) >= 11 is 11.9. The lowest BCUT2D eigenvalue weighted by atomic mass is 10.0. The highest BCUT2D eigenvalue weighted by atomic mass is 35.5. The summed E-state index contributed by atoms with van der Waals surface area (Å²) in [4.78, 5) is 0. The van der Waals surface area contributed by atoms with Crippen molar-refractivity contribution < 1.29 is 0 Å². The molecule has 0 spiro atoms. The van der Waals surface area contributed by atoms with Gasteiger partial charge in [-0.05, 0) is 30.2 Å². The van der Waals surface area contributed by atoms with Crippen LogP contribution in [-0.4, -0.2) is 6.54 Å². The van der Waals surface area contributed by atoms with Crippen molar-refractivity contribution in [2.75, 3.05) is 6.54 Å². The van der Waals surface area contributed by atoms with Crippen LogP contribution in [0.25, 0.3) is 0 Å². The van der Waals surface area contributed by atoms with E-state index in [0.717, 1.165) is 25.1 Å². The van der Waals surface area contributed by atoms with E-state index < -0.39 is 0 Å². The van der Waals surface area contributed by atoms with Crippen molar-refractivity contribution in [2.24, 2.45) is 0 Å². The molecule has 0 bridgehead atoms. The monoisotopic (exact) mass is 237 g/mol. The van der Waals surface area contributed by atoms with Gasteiger partial charge in [-0.25, -0.2) is 0 Å². The Labute approximate surface area is 93.8 Å². The number of halogens is 3. The van der Waals surface area contributed by atoms with E-state index in [1.165, 1.54) is 5.56 Å². The minimum Gasteiger partial charge on any atom is -0.312 e.